The topological polar surface area (TPSA) is 23.5 Å². The van der Waals surface area contributed by atoms with Crippen LogP contribution >= 0.6 is 0 Å². The second-order valence-electron chi connectivity index (χ2n) is 5.37. The molecule has 0 saturated carbocycles. The molecule has 1 saturated heterocycles. The lowest BCUT2D eigenvalue weighted by atomic mass is 9.86. The summed E-state index contributed by atoms with van der Waals surface area (Å²) in [5.41, 5.74) is 0.977. The van der Waals surface area contributed by atoms with Gasteiger partial charge in [0.1, 0.15) is 0 Å². The number of aryl methyl sites for hydroxylation is 1. The smallest absolute Gasteiger partial charge is 0.0672 e. The maximum Gasteiger partial charge on any atom is 0.0672 e. The fraction of sp³-hybridized carbons (Fsp3) is 0.600. The fourth-order valence-corrected chi connectivity index (χ4v) is 2.55. The van der Waals surface area contributed by atoms with Crippen molar-refractivity contribution in [3.63, 3.8) is 0 Å². The van der Waals surface area contributed by atoms with Crippen LogP contribution in [0.4, 0.5) is 0 Å². The zero-order chi connectivity index (χ0) is 12.1. The van der Waals surface area contributed by atoms with Crippen LogP contribution in [0, 0.1) is 0 Å². The molecule has 94 valence electrons. The lowest BCUT2D eigenvalue weighted by Gasteiger charge is -2.36. The molecule has 0 aromatic heterocycles. The Morgan fingerprint density at radius 1 is 1.18 bits per heavy atom. The molecular weight excluding hydrogens is 210 g/mol. The summed E-state index contributed by atoms with van der Waals surface area (Å²) in [7, 11) is 2.13. The van der Waals surface area contributed by atoms with E-state index < -0.39 is 5.60 Å². The van der Waals surface area contributed by atoms with Crippen molar-refractivity contribution in [3.05, 3.63) is 35.9 Å². The molecule has 1 heterocycles. The number of rotatable bonds is 4. The molecule has 0 bridgehead atoms. The van der Waals surface area contributed by atoms with Gasteiger partial charge in [0.15, 0.2) is 0 Å². The third-order valence-electron chi connectivity index (χ3n) is 3.87. The molecule has 0 atom stereocenters. The van der Waals surface area contributed by atoms with E-state index in [0.29, 0.717) is 0 Å². The van der Waals surface area contributed by atoms with Gasteiger partial charge in [0, 0.05) is 13.1 Å². The van der Waals surface area contributed by atoms with E-state index in [9.17, 15) is 5.11 Å². The molecule has 0 unspecified atom stereocenters. The second kappa shape index (κ2) is 5.65. The first-order chi connectivity index (χ1) is 8.18. The Kier molecular flexibility index (Phi) is 4.19. The van der Waals surface area contributed by atoms with E-state index in [1.165, 1.54) is 5.56 Å². The van der Waals surface area contributed by atoms with E-state index >= 15 is 0 Å². The monoisotopic (exact) mass is 233 g/mol. The lowest BCUT2D eigenvalue weighted by Crippen LogP contribution is -2.42. The van der Waals surface area contributed by atoms with Gasteiger partial charge >= 0.3 is 0 Å². The maximum absolute atomic E-state index is 10.4. The minimum absolute atomic E-state index is 0.401. The second-order valence-corrected chi connectivity index (χ2v) is 5.37. The van der Waals surface area contributed by atoms with Gasteiger partial charge in [0.05, 0.1) is 5.60 Å². The van der Waals surface area contributed by atoms with Gasteiger partial charge in [-0.05, 0) is 44.7 Å². The van der Waals surface area contributed by atoms with Gasteiger partial charge in [-0.2, -0.15) is 0 Å². The minimum atomic E-state index is -0.401. The van der Waals surface area contributed by atoms with Crippen molar-refractivity contribution in [2.24, 2.45) is 0 Å². The van der Waals surface area contributed by atoms with Crippen molar-refractivity contribution in [3.8, 4) is 0 Å². The van der Waals surface area contributed by atoms with Gasteiger partial charge in [0.25, 0.3) is 0 Å². The van der Waals surface area contributed by atoms with Crippen LogP contribution in [0.1, 0.15) is 31.2 Å². The van der Waals surface area contributed by atoms with Gasteiger partial charge < -0.3 is 10.0 Å². The van der Waals surface area contributed by atoms with Crippen LogP contribution in [-0.2, 0) is 6.42 Å². The summed E-state index contributed by atoms with van der Waals surface area (Å²) in [6.07, 6.45) is 4.97. The number of benzene rings is 1. The average molecular weight is 233 g/mol. The first-order valence-electron chi connectivity index (χ1n) is 6.63. The molecule has 1 aromatic rings. The van der Waals surface area contributed by atoms with E-state index in [1.54, 1.807) is 0 Å². The Morgan fingerprint density at radius 3 is 2.47 bits per heavy atom. The standard InChI is InChI=1S/C15H23NO/c1-16-12-10-15(17,11-13-16)9-5-8-14-6-3-2-4-7-14/h2-4,6-7,17H,5,8-13H2,1H3. The van der Waals surface area contributed by atoms with Crippen LogP contribution in [0.5, 0.6) is 0 Å². The molecule has 1 aliphatic rings. The highest BCUT2D eigenvalue weighted by molar-refractivity contribution is 5.14. The van der Waals surface area contributed by atoms with Gasteiger partial charge in [-0.15, -0.1) is 0 Å². The quantitative estimate of drug-likeness (QED) is 0.863. The van der Waals surface area contributed by atoms with Crippen molar-refractivity contribution in [2.45, 2.75) is 37.7 Å². The highest BCUT2D eigenvalue weighted by Crippen LogP contribution is 2.26. The molecule has 2 rings (SSSR count). The number of likely N-dealkylation sites (tertiary alicyclic amines) is 1. The highest BCUT2D eigenvalue weighted by atomic mass is 16.3. The largest absolute Gasteiger partial charge is 0.390 e. The van der Waals surface area contributed by atoms with Crippen molar-refractivity contribution in [2.75, 3.05) is 20.1 Å². The van der Waals surface area contributed by atoms with E-state index in [4.69, 9.17) is 0 Å². The predicted molar refractivity (Wildman–Crippen MR) is 71.1 cm³/mol. The number of hydrogen-bond donors (Lipinski definition) is 1. The van der Waals surface area contributed by atoms with Crippen LogP contribution in [0.3, 0.4) is 0 Å². The minimum Gasteiger partial charge on any atom is -0.390 e. The molecule has 1 N–H and O–H groups in total. The highest BCUT2D eigenvalue weighted by Gasteiger charge is 2.30. The molecule has 1 aliphatic heterocycles. The van der Waals surface area contributed by atoms with Gasteiger partial charge in [-0.1, -0.05) is 30.3 Å². The third kappa shape index (κ3) is 3.83. The Hall–Kier alpha value is -0.860. The van der Waals surface area contributed by atoms with E-state index in [1.807, 2.05) is 6.07 Å². The van der Waals surface area contributed by atoms with E-state index in [0.717, 1.165) is 45.2 Å². The van der Waals surface area contributed by atoms with Crippen LogP contribution in [-0.4, -0.2) is 35.7 Å². The summed E-state index contributed by atoms with van der Waals surface area (Å²) in [4.78, 5) is 2.30. The molecule has 0 aliphatic carbocycles. The van der Waals surface area contributed by atoms with Crippen molar-refractivity contribution >= 4 is 0 Å². The summed E-state index contributed by atoms with van der Waals surface area (Å²) in [5.74, 6) is 0. The summed E-state index contributed by atoms with van der Waals surface area (Å²) < 4.78 is 0. The molecule has 2 heteroatoms. The Bertz CT molecular complexity index is 328. The predicted octanol–water partition coefficient (Wildman–Crippen LogP) is 2.47. The summed E-state index contributed by atoms with van der Waals surface area (Å²) in [6, 6.07) is 10.5. The van der Waals surface area contributed by atoms with Crippen molar-refractivity contribution < 1.29 is 5.11 Å². The van der Waals surface area contributed by atoms with Crippen LogP contribution in [0.25, 0.3) is 0 Å². The molecule has 0 radical (unpaired) electrons. The van der Waals surface area contributed by atoms with Crippen molar-refractivity contribution in [1.82, 2.24) is 4.90 Å². The molecule has 0 amide bonds. The first kappa shape index (κ1) is 12.6. The average Bonchev–Trinajstić information content (AvgIpc) is 2.35. The lowest BCUT2D eigenvalue weighted by molar-refractivity contribution is -0.0236. The van der Waals surface area contributed by atoms with Gasteiger partial charge in [-0.25, -0.2) is 0 Å². The van der Waals surface area contributed by atoms with Crippen molar-refractivity contribution in [1.29, 1.82) is 0 Å². The number of aliphatic hydroxyl groups is 1. The fourth-order valence-electron chi connectivity index (χ4n) is 2.55. The number of piperidine rings is 1. The Morgan fingerprint density at radius 2 is 1.82 bits per heavy atom. The normalized spacial score (nSPS) is 20.4. The van der Waals surface area contributed by atoms with Crippen LogP contribution in [0.15, 0.2) is 30.3 Å². The van der Waals surface area contributed by atoms with Crippen LogP contribution < -0.4 is 0 Å². The van der Waals surface area contributed by atoms with Crippen LogP contribution in [0.2, 0.25) is 0 Å². The molecular formula is C15H23NO. The summed E-state index contributed by atoms with van der Waals surface area (Å²) >= 11 is 0. The number of hydrogen-bond acceptors (Lipinski definition) is 2. The maximum atomic E-state index is 10.4. The zero-order valence-electron chi connectivity index (χ0n) is 10.7. The zero-order valence-corrected chi connectivity index (χ0v) is 10.7. The molecule has 17 heavy (non-hydrogen) atoms. The SMILES string of the molecule is CN1CCC(O)(CCCc2ccccc2)CC1. The number of nitrogens with zero attached hydrogens (tertiary/aromatic N) is 1. The summed E-state index contributed by atoms with van der Waals surface area (Å²) in [5, 5.41) is 10.4. The first-order valence-corrected chi connectivity index (χ1v) is 6.63. The van der Waals surface area contributed by atoms with Gasteiger partial charge in [-0.3, -0.25) is 0 Å². The van der Waals surface area contributed by atoms with E-state index in [2.05, 4.69) is 36.2 Å². The Labute approximate surface area is 104 Å². The molecule has 2 nitrogen and oxygen atoms in total. The summed E-state index contributed by atoms with van der Waals surface area (Å²) in [6.45, 7) is 2.06. The van der Waals surface area contributed by atoms with E-state index in [-0.39, 0.29) is 0 Å². The molecule has 1 fully saturated rings. The third-order valence-corrected chi connectivity index (χ3v) is 3.87. The molecule has 1 aromatic carbocycles. The van der Waals surface area contributed by atoms with Gasteiger partial charge in [0.2, 0.25) is 0 Å². The molecule has 0 spiro atoms. The Balaban J connectivity index is 1.75.